The second-order valence-electron chi connectivity index (χ2n) is 8.05. The molecule has 0 bridgehead atoms. The smallest absolute Gasteiger partial charge is 0.325 e. The first-order chi connectivity index (χ1) is 12.9. The summed E-state index contributed by atoms with van der Waals surface area (Å²) in [5.74, 6) is -1.56. The molecule has 3 N–H and O–H groups in total. The molecule has 9 nitrogen and oxygen atoms in total. The van der Waals surface area contributed by atoms with Crippen LogP contribution in [0.3, 0.4) is 0 Å². The van der Waals surface area contributed by atoms with E-state index in [1.165, 1.54) is 24.2 Å². The highest BCUT2D eigenvalue weighted by Gasteiger charge is 2.59. The van der Waals surface area contributed by atoms with Crippen LogP contribution in [0.4, 0.5) is 0 Å². The predicted molar refractivity (Wildman–Crippen MR) is 95.6 cm³/mol. The zero-order valence-corrected chi connectivity index (χ0v) is 15.1. The summed E-state index contributed by atoms with van der Waals surface area (Å²) in [4.78, 5) is 56.0. The Morgan fingerprint density at radius 3 is 2.48 bits per heavy atom. The van der Waals surface area contributed by atoms with Crippen molar-refractivity contribution in [2.45, 2.75) is 38.1 Å². The number of nitrogens with one attached hydrogen (secondary N) is 2. The van der Waals surface area contributed by atoms with Gasteiger partial charge < -0.3 is 15.0 Å². The topological polar surface area (TPSA) is 127 Å². The monoisotopic (exact) mass is 376 g/mol. The molecule has 1 amide bonds. The van der Waals surface area contributed by atoms with Crippen LogP contribution in [-0.2, 0) is 4.79 Å². The Bertz CT molecular complexity index is 871. The van der Waals surface area contributed by atoms with Gasteiger partial charge in [0.1, 0.15) is 11.0 Å². The molecule has 2 saturated heterocycles. The van der Waals surface area contributed by atoms with Crippen molar-refractivity contribution in [2.75, 3.05) is 26.2 Å². The molecule has 2 aliphatic heterocycles. The maximum Gasteiger partial charge on any atom is 0.325 e. The number of carboxylic acid groups (broad SMARTS) is 1. The number of nitrogens with zero attached hydrogens (tertiary/aromatic N) is 2. The number of rotatable bonds is 3. The minimum Gasteiger partial charge on any atom is -0.481 e. The van der Waals surface area contributed by atoms with Gasteiger partial charge in [-0.25, -0.2) is 4.79 Å². The van der Waals surface area contributed by atoms with Gasteiger partial charge in [0.05, 0.1) is 0 Å². The number of carboxylic acids is 1. The zero-order valence-electron chi connectivity index (χ0n) is 15.1. The summed E-state index contributed by atoms with van der Waals surface area (Å²) in [5.41, 5.74) is -2.59. The predicted octanol–water partition coefficient (Wildman–Crippen LogP) is -0.145. The standard InChI is InChI=1S/C18H24N4O5/c23-14-13(6-19-17(27)20-14)15(24)22-8-11-7-21(12-4-2-1-3-5-12)9-18(11,10-22)16(25)26/h6,11-12H,1-5,7-10H2,(H,25,26)(H2,19,20,23,27)/t11-,18-/m1/s1. The van der Waals surface area contributed by atoms with Gasteiger partial charge in [-0.1, -0.05) is 19.3 Å². The maximum absolute atomic E-state index is 12.7. The van der Waals surface area contributed by atoms with E-state index in [2.05, 4.69) is 9.88 Å². The fraction of sp³-hybridized carbons (Fsp3) is 0.667. The first kappa shape index (κ1) is 18.0. The van der Waals surface area contributed by atoms with Gasteiger partial charge in [-0.3, -0.25) is 24.3 Å². The second-order valence-corrected chi connectivity index (χ2v) is 8.05. The van der Waals surface area contributed by atoms with E-state index in [-0.39, 0.29) is 18.0 Å². The van der Waals surface area contributed by atoms with Crippen LogP contribution in [0.15, 0.2) is 15.8 Å². The molecule has 3 heterocycles. The third-order valence-electron chi connectivity index (χ3n) is 6.49. The summed E-state index contributed by atoms with van der Waals surface area (Å²) in [6.07, 6.45) is 6.93. The van der Waals surface area contributed by atoms with E-state index in [0.717, 1.165) is 19.0 Å². The highest BCUT2D eigenvalue weighted by atomic mass is 16.4. The molecule has 1 aliphatic carbocycles. The molecule has 0 aromatic carbocycles. The van der Waals surface area contributed by atoms with Crippen molar-refractivity contribution < 1.29 is 14.7 Å². The van der Waals surface area contributed by atoms with E-state index in [4.69, 9.17) is 0 Å². The van der Waals surface area contributed by atoms with E-state index in [9.17, 15) is 24.3 Å². The van der Waals surface area contributed by atoms with Crippen LogP contribution in [0.25, 0.3) is 0 Å². The number of likely N-dealkylation sites (tertiary alicyclic amines) is 2. The molecule has 1 aromatic heterocycles. The van der Waals surface area contributed by atoms with Crippen LogP contribution in [-0.4, -0.2) is 69.0 Å². The molecule has 9 heteroatoms. The Hall–Kier alpha value is -2.42. The number of hydrogen-bond acceptors (Lipinski definition) is 5. The van der Waals surface area contributed by atoms with Gasteiger partial charge >= 0.3 is 11.7 Å². The maximum atomic E-state index is 12.7. The van der Waals surface area contributed by atoms with Crippen LogP contribution >= 0.6 is 0 Å². The Labute approximate surface area is 155 Å². The average molecular weight is 376 g/mol. The van der Waals surface area contributed by atoms with Gasteiger partial charge in [0, 0.05) is 44.3 Å². The number of aliphatic carboxylic acids is 1. The van der Waals surface area contributed by atoms with E-state index in [1.807, 2.05) is 4.98 Å². The minimum atomic E-state index is -0.984. The molecule has 4 rings (SSSR count). The molecular formula is C18H24N4O5. The number of amides is 1. The minimum absolute atomic E-state index is 0.0909. The average Bonchev–Trinajstić information content (AvgIpc) is 3.18. The van der Waals surface area contributed by atoms with Crippen LogP contribution in [0.5, 0.6) is 0 Å². The molecule has 1 aromatic rings. The zero-order chi connectivity index (χ0) is 19.2. The van der Waals surface area contributed by atoms with Crippen LogP contribution in [0, 0.1) is 11.3 Å². The highest BCUT2D eigenvalue weighted by molar-refractivity contribution is 5.94. The van der Waals surface area contributed by atoms with Gasteiger partial charge in [0.15, 0.2) is 0 Å². The summed E-state index contributed by atoms with van der Waals surface area (Å²) in [6, 6.07) is 0.437. The SMILES string of the molecule is O=C(c1c[nH]c(=O)[nH]c1=O)N1C[C@H]2CN(C3CCCCC3)C[C@@]2(C(=O)O)C1. The van der Waals surface area contributed by atoms with Crippen molar-refractivity contribution >= 4 is 11.9 Å². The van der Waals surface area contributed by atoms with E-state index < -0.39 is 28.5 Å². The lowest BCUT2D eigenvalue weighted by Crippen LogP contribution is -2.45. The molecule has 27 heavy (non-hydrogen) atoms. The first-order valence-corrected chi connectivity index (χ1v) is 9.49. The number of carbonyl (C=O) groups excluding carboxylic acids is 1. The fourth-order valence-electron chi connectivity index (χ4n) is 5.02. The molecule has 0 radical (unpaired) electrons. The third-order valence-corrected chi connectivity index (χ3v) is 6.49. The van der Waals surface area contributed by atoms with Crippen LogP contribution in [0.2, 0.25) is 0 Å². The fourth-order valence-corrected chi connectivity index (χ4v) is 5.02. The van der Waals surface area contributed by atoms with Crippen molar-refractivity contribution in [3.63, 3.8) is 0 Å². The number of H-pyrrole nitrogens is 2. The number of aromatic nitrogens is 2. The molecule has 146 valence electrons. The van der Waals surface area contributed by atoms with Crippen LogP contribution < -0.4 is 11.2 Å². The number of hydrogen-bond donors (Lipinski definition) is 3. The highest BCUT2D eigenvalue weighted by Crippen LogP contribution is 2.45. The van der Waals surface area contributed by atoms with Gasteiger partial charge in [0.2, 0.25) is 0 Å². The number of fused-ring (bicyclic) bond motifs is 1. The Kier molecular flexibility index (Phi) is 4.41. The normalized spacial score (nSPS) is 29.0. The van der Waals surface area contributed by atoms with Crippen molar-refractivity contribution in [1.29, 1.82) is 0 Å². The first-order valence-electron chi connectivity index (χ1n) is 9.49. The largest absolute Gasteiger partial charge is 0.481 e. The summed E-state index contributed by atoms with van der Waals surface area (Å²) in [6.45, 7) is 1.52. The summed E-state index contributed by atoms with van der Waals surface area (Å²) in [7, 11) is 0. The van der Waals surface area contributed by atoms with Gasteiger partial charge in [-0.05, 0) is 12.8 Å². The van der Waals surface area contributed by atoms with Gasteiger partial charge in [-0.2, -0.15) is 0 Å². The molecule has 2 atom stereocenters. The summed E-state index contributed by atoms with van der Waals surface area (Å²) >= 11 is 0. The van der Waals surface area contributed by atoms with Gasteiger partial charge in [0.25, 0.3) is 11.5 Å². The van der Waals surface area contributed by atoms with Crippen molar-refractivity contribution in [1.82, 2.24) is 19.8 Å². The van der Waals surface area contributed by atoms with Crippen molar-refractivity contribution in [3.8, 4) is 0 Å². The molecule has 0 unspecified atom stereocenters. The summed E-state index contributed by atoms with van der Waals surface area (Å²) in [5, 5.41) is 9.97. The Morgan fingerprint density at radius 2 is 1.85 bits per heavy atom. The lowest BCUT2D eigenvalue weighted by atomic mass is 9.81. The van der Waals surface area contributed by atoms with E-state index in [0.29, 0.717) is 25.7 Å². The molecule has 1 saturated carbocycles. The number of carbonyl (C=O) groups is 2. The number of aromatic amines is 2. The van der Waals surface area contributed by atoms with Crippen molar-refractivity contribution in [3.05, 3.63) is 32.6 Å². The lowest BCUT2D eigenvalue weighted by Gasteiger charge is -2.33. The molecule has 3 aliphatic rings. The quantitative estimate of drug-likeness (QED) is 0.674. The third kappa shape index (κ3) is 2.99. The molecular weight excluding hydrogens is 352 g/mol. The lowest BCUT2D eigenvalue weighted by molar-refractivity contribution is -0.148. The van der Waals surface area contributed by atoms with E-state index in [1.54, 1.807) is 0 Å². The van der Waals surface area contributed by atoms with Crippen molar-refractivity contribution in [2.24, 2.45) is 11.3 Å². The van der Waals surface area contributed by atoms with Gasteiger partial charge in [-0.15, -0.1) is 0 Å². The second kappa shape index (κ2) is 6.63. The molecule has 3 fully saturated rings. The van der Waals surface area contributed by atoms with E-state index >= 15 is 0 Å². The van der Waals surface area contributed by atoms with Crippen LogP contribution in [0.1, 0.15) is 42.5 Å². The molecule has 0 spiro atoms. The summed E-state index contributed by atoms with van der Waals surface area (Å²) < 4.78 is 0. The Morgan fingerprint density at radius 1 is 1.11 bits per heavy atom. The Balaban J connectivity index is 1.54.